The minimum Gasteiger partial charge on any atom is -0.383 e. The molecule has 2 aromatic carbocycles. The Morgan fingerprint density at radius 3 is 2.60 bits per heavy atom. The maximum Gasteiger partial charge on any atom is 0.471 e. The molecule has 0 radical (unpaired) electrons. The first-order chi connectivity index (χ1) is 20.4. The minimum absolute atomic E-state index is 0.0656. The molecular formula is C29H32F6N6O2. The summed E-state index contributed by atoms with van der Waals surface area (Å²) in [6, 6.07) is 7.99. The minimum atomic E-state index is -4.99. The predicted octanol–water partition coefficient (Wildman–Crippen LogP) is 5.96. The Labute approximate surface area is 243 Å². The molecule has 0 spiro atoms. The summed E-state index contributed by atoms with van der Waals surface area (Å²) in [7, 11) is 0. The zero-order valence-electron chi connectivity index (χ0n) is 23.4. The third kappa shape index (κ3) is 6.58. The smallest absolute Gasteiger partial charge is 0.383 e. The summed E-state index contributed by atoms with van der Waals surface area (Å²) in [5.74, 6) is -2.17. The number of halogens is 6. The average molecular weight is 611 g/mol. The van der Waals surface area contributed by atoms with E-state index in [0.717, 1.165) is 43.8 Å². The summed E-state index contributed by atoms with van der Waals surface area (Å²) < 4.78 is 79.6. The summed E-state index contributed by atoms with van der Waals surface area (Å²) in [6.07, 6.45) is -6.82. The molecule has 5 rings (SSSR count). The zero-order valence-corrected chi connectivity index (χ0v) is 23.4. The van der Waals surface area contributed by atoms with Crippen molar-refractivity contribution >= 4 is 34.2 Å². The molecule has 43 heavy (non-hydrogen) atoms. The number of aromatic nitrogens is 2. The fraction of sp³-hybridized carbons (Fsp3) is 0.483. The van der Waals surface area contributed by atoms with Gasteiger partial charge in [0, 0.05) is 30.4 Å². The van der Waals surface area contributed by atoms with Crippen LogP contribution < -0.4 is 16.0 Å². The number of rotatable bonds is 9. The number of nitrogens with one attached hydrogen (secondary N) is 3. The number of anilines is 2. The van der Waals surface area contributed by atoms with Crippen LogP contribution in [0.3, 0.4) is 0 Å². The lowest BCUT2D eigenvalue weighted by Gasteiger charge is -2.23. The number of hydrogen-bond donors (Lipinski definition) is 3. The third-order valence-corrected chi connectivity index (χ3v) is 8.04. The van der Waals surface area contributed by atoms with Crippen LogP contribution in [0, 0.1) is 0 Å². The molecule has 0 bridgehead atoms. The lowest BCUT2D eigenvalue weighted by atomic mass is 10.1. The van der Waals surface area contributed by atoms with Crippen LogP contribution in [0.5, 0.6) is 0 Å². The van der Waals surface area contributed by atoms with Crippen molar-refractivity contribution in [1.82, 2.24) is 19.8 Å². The summed E-state index contributed by atoms with van der Waals surface area (Å²) in [5, 5.41) is 8.15. The molecule has 3 aromatic rings. The summed E-state index contributed by atoms with van der Waals surface area (Å²) in [4.78, 5) is 31.6. The van der Waals surface area contributed by atoms with Gasteiger partial charge in [0.1, 0.15) is 11.9 Å². The zero-order chi connectivity index (χ0) is 30.9. The van der Waals surface area contributed by atoms with Gasteiger partial charge in [-0.15, -0.1) is 0 Å². The van der Waals surface area contributed by atoms with Crippen molar-refractivity contribution in [2.75, 3.05) is 36.8 Å². The van der Waals surface area contributed by atoms with Gasteiger partial charge in [-0.25, -0.2) is 4.98 Å². The van der Waals surface area contributed by atoms with E-state index in [1.807, 2.05) is 12.1 Å². The van der Waals surface area contributed by atoms with E-state index >= 15 is 0 Å². The summed E-state index contributed by atoms with van der Waals surface area (Å²) in [6.45, 7) is 4.57. The van der Waals surface area contributed by atoms with Gasteiger partial charge in [-0.2, -0.15) is 26.3 Å². The van der Waals surface area contributed by atoms with Crippen LogP contribution in [0.15, 0.2) is 36.4 Å². The largest absolute Gasteiger partial charge is 0.471 e. The van der Waals surface area contributed by atoms with E-state index in [1.54, 1.807) is 16.0 Å². The normalized spacial score (nSPS) is 19.1. The van der Waals surface area contributed by atoms with Crippen molar-refractivity contribution in [1.29, 1.82) is 0 Å². The fourth-order valence-electron chi connectivity index (χ4n) is 5.87. The Kier molecular flexibility index (Phi) is 8.59. The average Bonchev–Trinajstić information content (AvgIpc) is 3.54. The number of likely N-dealkylation sites (tertiary alicyclic amines) is 1. The van der Waals surface area contributed by atoms with E-state index in [9.17, 15) is 35.9 Å². The molecule has 2 unspecified atom stereocenters. The van der Waals surface area contributed by atoms with E-state index < -0.39 is 35.8 Å². The molecule has 14 heteroatoms. The number of carbonyl (C=O) groups excluding carboxylic acids is 2. The highest BCUT2D eigenvalue weighted by Crippen LogP contribution is 2.40. The maximum absolute atomic E-state index is 13.5. The molecule has 1 fully saturated rings. The number of unbranched alkanes of at least 4 members (excludes halogenated alkanes) is 1. The first kappa shape index (κ1) is 30.6. The number of imidazole rings is 1. The Hall–Kier alpha value is -3.81. The van der Waals surface area contributed by atoms with Crippen molar-refractivity contribution in [3.8, 4) is 11.4 Å². The molecule has 2 aliphatic rings. The Balaban J connectivity index is 1.45. The second-order valence-corrected chi connectivity index (χ2v) is 10.8. The van der Waals surface area contributed by atoms with E-state index in [1.165, 1.54) is 6.07 Å². The van der Waals surface area contributed by atoms with Gasteiger partial charge in [0.05, 0.1) is 22.3 Å². The lowest BCUT2D eigenvalue weighted by Crippen LogP contribution is -2.37. The van der Waals surface area contributed by atoms with Crippen LogP contribution in [0.2, 0.25) is 0 Å². The second-order valence-electron chi connectivity index (χ2n) is 10.8. The molecule has 3 N–H and O–H groups in total. The van der Waals surface area contributed by atoms with Gasteiger partial charge < -0.3 is 20.5 Å². The first-order valence-electron chi connectivity index (χ1n) is 14.2. The topological polar surface area (TPSA) is 91.3 Å². The van der Waals surface area contributed by atoms with Crippen LogP contribution in [0.25, 0.3) is 22.4 Å². The van der Waals surface area contributed by atoms with Crippen molar-refractivity contribution < 1.29 is 35.9 Å². The van der Waals surface area contributed by atoms with Crippen molar-refractivity contribution in [2.45, 2.75) is 63.5 Å². The molecule has 3 heterocycles. The van der Waals surface area contributed by atoms with Crippen LogP contribution in [0.4, 0.5) is 37.7 Å². The highest BCUT2D eigenvalue weighted by molar-refractivity contribution is 6.02. The van der Waals surface area contributed by atoms with E-state index in [2.05, 4.69) is 27.4 Å². The fourth-order valence-corrected chi connectivity index (χ4v) is 5.87. The number of nitrogens with zero attached hydrogens (tertiary/aromatic N) is 3. The Morgan fingerprint density at radius 2 is 1.88 bits per heavy atom. The van der Waals surface area contributed by atoms with Gasteiger partial charge in [-0.1, -0.05) is 6.92 Å². The molecule has 1 saturated heterocycles. The second kappa shape index (κ2) is 12.1. The molecule has 8 nitrogen and oxygen atoms in total. The monoisotopic (exact) mass is 610 g/mol. The number of fused-ring (bicyclic) bond motifs is 5. The maximum atomic E-state index is 13.5. The van der Waals surface area contributed by atoms with Crippen LogP contribution >= 0.6 is 0 Å². The number of alkyl halides is 6. The standard InChI is InChI=1S/C29H32F6N6O2/c1-2-40-13-5-6-19(40)16-37-18-9-10-21-20(15-18)25-38-22-14-17(28(30,31)32)8-11-23(22)41(25)24(26(42)39-21)7-3-4-12-36-27(43)29(33,34)35/h8-11,14-15,19,24,37H,2-7,12-13,16H2,1H3,(H,36,43)(H,39,42). The molecule has 0 aliphatic carbocycles. The predicted molar refractivity (Wildman–Crippen MR) is 150 cm³/mol. The number of likely N-dealkylation sites (N-methyl/N-ethyl adjacent to an activating group) is 1. The van der Waals surface area contributed by atoms with Crippen molar-refractivity contribution in [2.24, 2.45) is 0 Å². The van der Waals surface area contributed by atoms with Gasteiger partial charge >= 0.3 is 18.3 Å². The molecule has 2 aliphatic heterocycles. The van der Waals surface area contributed by atoms with Crippen LogP contribution in [-0.2, 0) is 15.8 Å². The quantitative estimate of drug-likeness (QED) is 0.206. The van der Waals surface area contributed by atoms with E-state index in [4.69, 9.17) is 0 Å². The van der Waals surface area contributed by atoms with Gasteiger partial charge in [-0.3, -0.25) is 14.5 Å². The molecule has 0 saturated carbocycles. The SMILES string of the molecule is CCN1CCCC1CNc1ccc2c(c1)-c1nc3cc(C(F)(F)F)ccc3n1C(CCCCNC(=O)C(F)(F)F)C(=O)N2. The van der Waals surface area contributed by atoms with Gasteiger partial charge in [0.25, 0.3) is 0 Å². The highest BCUT2D eigenvalue weighted by atomic mass is 19.4. The Morgan fingerprint density at radius 1 is 1.09 bits per heavy atom. The molecule has 2 amide bonds. The number of carbonyl (C=O) groups is 2. The number of amides is 2. The number of benzene rings is 2. The number of hydrogen-bond acceptors (Lipinski definition) is 5. The van der Waals surface area contributed by atoms with E-state index in [-0.39, 0.29) is 31.3 Å². The molecule has 1 aromatic heterocycles. The van der Waals surface area contributed by atoms with Crippen molar-refractivity contribution in [3.05, 3.63) is 42.0 Å². The van der Waals surface area contributed by atoms with Gasteiger partial charge in [0.15, 0.2) is 0 Å². The lowest BCUT2D eigenvalue weighted by molar-refractivity contribution is -0.173. The van der Waals surface area contributed by atoms with Gasteiger partial charge in [0.2, 0.25) is 5.91 Å². The summed E-state index contributed by atoms with van der Waals surface area (Å²) >= 11 is 0. The molecule has 2 atom stereocenters. The third-order valence-electron chi connectivity index (χ3n) is 8.04. The summed E-state index contributed by atoms with van der Waals surface area (Å²) in [5.41, 5.74) is 1.26. The molecule has 232 valence electrons. The van der Waals surface area contributed by atoms with E-state index in [0.29, 0.717) is 35.2 Å². The van der Waals surface area contributed by atoms with Gasteiger partial charge in [-0.05, 0) is 81.6 Å². The highest BCUT2D eigenvalue weighted by Gasteiger charge is 2.38. The van der Waals surface area contributed by atoms with Crippen molar-refractivity contribution in [3.63, 3.8) is 0 Å². The molecular weight excluding hydrogens is 578 g/mol. The van der Waals surface area contributed by atoms with Crippen LogP contribution in [-0.4, -0.2) is 64.7 Å². The van der Waals surface area contributed by atoms with Crippen LogP contribution in [0.1, 0.15) is 50.6 Å². The first-order valence-corrected chi connectivity index (χ1v) is 14.2. The Bertz CT molecular complexity index is 1500.